The number of epoxide rings is 1. The van der Waals surface area contributed by atoms with Crippen molar-refractivity contribution in [3.63, 3.8) is 0 Å². The molecule has 1 aromatic rings. The lowest BCUT2D eigenvalue weighted by Crippen LogP contribution is -2.37. The molecule has 1 atom stereocenters. The van der Waals surface area contributed by atoms with Crippen LogP contribution in [0, 0.1) is 0 Å². The molecule has 1 spiro atoms. The van der Waals surface area contributed by atoms with E-state index in [1.807, 2.05) is 31.2 Å². The van der Waals surface area contributed by atoms with Crippen molar-refractivity contribution < 1.29 is 14.3 Å². The molecule has 1 aromatic carbocycles. The van der Waals surface area contributed by atoms with E-state index in [0.29, 0.717) is 6.61 Å². The summed E-state index contributed by atoms with van der Waals surface area (Å²) in [6.07, 6.45) is 8.12. The normalized spacial score (nSPS) is 25.3. The number of aryl methyl sites for hydroxylation is 1. The molecular weight excluding hydrogens is 312 g/mol. The molecule has 1 saturated carbocycles. The van der Waals surface area contributed by atoms with E-state index >= 15 is 0 Å². The maximum absolute atomic E-state index is 12.5. The molecule has 1 aliphatic carbocycles. The lowest BCUT2D eigenvalue weighted by molar-refractivity contribution is -0.150. The Kier molecular flexibility index (Phi) is 4.98. The summed E-state index contributed by atoms with van der Waals surface area (Å²) in [5, 5.41) is 0.753. The summed E-state index contributed by atoms with van der Waals surface area (Å²) in [5.74, 6) is -0.155. The van der Waals surface area contributed by atoms with Crippen LogP contribution in [0.1, 0.15) is 57.4 Å². The number of ether oxygens (including phenoxy) is 2. The monoisotopic (exact) mass is 336 g/mol. The zero-order chi connectivity index (χ0) is 16.3. The Morgan fingerprint density at radius 2 is 1.91 bits per heavy atom. The van der Waals surface area contributed by atoms with Gasteiger partial charge in [-0.1, -0.05) is 43.0 Å². The summed E-state index contributed by atoms with van der Waals surface area (Å²) in [6, 6.07) is 7.91. The van der Waals surface area contributed by atoms with E-state index in [-0.39, 0.29) is 11.6 Å². The molecule has 2 fully saturated rings. The SMILES string of the molecule is CCOC(=O)C1(CCCc2ccc(Cl)cc2)OC12CCCCC2. The van der Waals surface area contributed by atoms with Crippen LogP contribution in [0.4, 0.5) is 0 Å². The van der Waals surface area contributed by atoms with E-state index < -0.39 is 5.60 Å². The molecule has 1 heterocycles. The minimum absolute atomic E-state index is 0.155. The minimum Gasteiger partial charge on any atom is -0.464 e. The fraction of sp³-hybridized carbons (Fsp3) is 0.632. The van der Waals surface area contributed by atoms with Gasteiger partial charge in [0.05, 0.1) is 6.61 Å². The van der Waals surface area contributed by atoms with Crippen molar-refractivity contribution in [1.29, 1.82) is 0 Å². The highest BCUT2D eigenvalue weighted by molar-refractivity contribution is 6.30. The zero-order valence-electron chi connectivity index (χ0n) is 13.8. The molecule has 3 nitrogen and oxygen atoms in total. The standard InChI is InChI=1S/C19H25ClO3/c1-2-22-17(21)19(18(23-19)12-4-3-5-13-18)14-6-7-15-8-10-16(20)11-9-15/h8-11H,2-7,12-14H2,1H3. The van der Waals surface area contributed by atoms with Crippen LogP contribution in [-0.2, 0) is 20.7 Å². The summed E-state index contributed by atoms with van der Waals surface area (Å²) >= 11 is 5.92. The van der Waals surface area contributed by atoms with Gasteiger partial charge in [0.1, 0.15) is 5.60 Å². The zero-order valence-corrected chi connectivity index (χ0v) is 14.5. The number of rotatable bonds is 6. The number of hydrogen-bond donors (Lipinski definition) is 0. The van der Waals surface area contributed by atoms with Crippen LogP contribution in [0.5, 0.6) is 0 Å². The van der Waals surface area contributed by atoms with E-state index in [4.69, 9.17) is 21.1 Å². The molecule has 3 rings (SSSR count). The summed E-state index contributed by atoms with van der Waals surface area (Å²) in [4.78, 5) is 12.5. The summed E-state index contributed by atoms with van der Waals surface area (Å²) < 4.78 is 11.4. The van der Waals surface area contributed by atoms with Gasteiger partial charge in [0.2, 0.25) is 0 Å². The van der Waals surface area contributed by atoms with Crippen molar-refractivity contribution in [2.45, 2.75) is 69.5 Å². The second-order valence-electron chi connectivity index (χ2n) is 6.68. The van der Waals surface area contributed by atoms with Gasteiger partial charge in [-0.25, -0.2) is 4.79 Å². The van der Waals surface area contributed by atoms with Gasteiger partial charge in [0, 0.05) is 5.02 Å². The fourth-order valence-corrected chi connectivity index (χ4v) is 4.11. The molecule has 0 bridgehead atoms. The first-order valence-corrected chi connectivity index (χ1v) is 9.11. The van der Waals surface area contributed by atoms with Crippen LogP contribution in [0.15, 0.2) is 24.3 Å². The number of carbonyl (C=O) groups is 1. The number of hydrogen-bond acceptors (Lipinski definition) is 3. The number of halogens is 1. The molecule has 0 radical (unpaired) electrons. The first-order valence-electron chi connectivity index (χ1n) is 8.74. The second-order valence-corrected chi connectivity index (χ2v) is 7.12. The van der Waals surface area contributed by atoms with E-state index in [9.17, 15) is 4.79 Å². The lowest BCUT2D eigenvalue weighted by Gasteiger charge is -2.22. The summed E-state index contributed by atoms with van der Waals surface area (Å²) in [5.41, 5.74) is 0.319. The molecule has 0 amide bonds. The highest BCUT2D eigenvalue weighted by Gasteiger charge is 2.74. The Morgan fingerprint density at radius 3 is 2.57 bits per heavy atom. The van der Waals surface area contributed by atoms with E-state index in [0.717, 1.165) is 50.0 Å². The molecule has 0 N–H and O–H groups in total. The highest BCUT2D eigenvalue weighted by atomic mass is 35.5. The molecule has 126 valence electrons. The Hall–Kier alpha value is -1.06. The third kappa shape index (κ3) is 3.27. The van der Waals surface area contributed by atoms with Crippen molar-refractivity contribution in [3.8, 4) is 0 Å². The molecule has 0 aromatic heterocycles. The maximum atomic E-state index is 12.5. The quantitative estimate of drug-likeness (QED) is 0.558. The average molecular weight is 337 g/mol. The van der Waals surface area contributed by atoms with Crippen LogP contribution in [0.3, 0.4) is 0 Å². The molecule has 23 heavy (non-hydrogen) atoms. The van der Waals surface area contributed by atoms with E-state index in [1.54, 1.807) is 0 Å². The van der Waals surface area contributed by atoms with Crippen molar-refractivity contribution in [2.24, 2.45) is 0 Å². The summed E-state index contributed by atoms with van der Waals surface area (Å²) in [7, 11) is 0. The van der Waals surface area contributed by atoms with Crippen molar-refractivity contribution in [3.05, 3.63) is 34.9 Å². The first-order chi connectivity index (χ1) is 11.1. The smallest absolute Gasteiger partial charge is 0.341 e. The van der Waals surface area contributed by atoms with E-state index in [2.05, 4.69) is 0 Å². The first kappa shape index (κ1) is 16.8. The van der Waals surface area contributed by atoms with Crippen LogP contribution < -0.4 is 0 Å². The van der Waals surface area contributed by atoms with Gasteiger partial charge in [-0.2, -0.15) is 0 Å². The Morgan fingerprint density at radius 1 is 1.22 bits per heavy atom. The van der Waals surface area contributed by atoms with Gasteiger partial charge in [-0.05, 0) is 56.7 Å². The van der Waals surface area contributed by atoms with Crippen molar-refractivity contribution in [1.82, 2.24) is 0 Å². The number of benzene rings is 1. The third-order valence-electron chi connectivity index (χ3n) is 5.24. The highest BCUT2D eigenvalue weighted by Crippen LogP contribution is 2.59. The Labute approximate surface area is 143 Å². The van der Waals surface area contributed by atoms with Crippen LogP contribution in [0.2, 0.25) is 5.02 Å². The summed E-state index contributed by atoms with van der Waals surface area (Å²) in [6.45, 7) is 2.27. The predicted molar refractivity (Wildman–Crippen MR) is 90.7 cm³/mol. The molecule has 4 heteroatoms. The topological polar surface area (TPSA) is 38.8 Å². The number of esters is 1. The van der Waals surface area contributed by atoms with Crippen LogP contribution in [0.25, 0.3) is 0 Å². The fourth-order valence-electron chi connectivity index (χ4n) is 3.99. The minimum atomic E-state index is -0.685. The second kappa shape index (κ2) is 6.82. The lowest BCUT2D eigenvalue weighted by atomic mass is 9.77. The van der Waals surface area contributed by atoms with Gasteiger partial charge in [-0.15, -0.1) is 0 Å². The molecular formula is C19H25ClO3. The number of carbonyl (C=O) groups excluding carboxylic acids is 1. The van der Waals surface area contributed by atoms with Gasteiger partial charge in [0.25, 0.3) is 0 Å². The molecule has 2 aliphatic rings. The average Bonchev–Trinajstić information content (AvgIpc) is 3.17. The van der Waals surface area contributed by atoms with Crippen LogP contribution in [-0.4, -0.2) is 23.8 Å². The molecule has 1 aliphatic heterocycles. The van der Waals surface area contributed by atoms with Gasteiger partial charge < -0.3 is 9.47 Å². The van der Waals surface area contributed by atoms with Gasteiger partial charge in [0.15, 0.2) is 5.60 Å². The predicted octanol–water partition coefficient (Wildman–Crippen LogP) is 4.70. The van der Waals surface area contributed by atoms with Gasteiger partial charge >= 0.3 is 5.97 Å². The van der Waals surface area contributed by atoms with E-state index in [1.165, 1.54) is 12.0 Å². The Balaban J connectivity index is 1.63. The van der Waals surface area contributed by atoms with Gasteiger partial charge in [-0.3, -0.25) is 0 Å². The maximum Gasteiger partial charge on any atom is 0.341 e. The molecule has 1 saturated heterocycles. The Bertz CT molecular complexity index is 548. The third-order valence-corrected chi connectivity index (χ3v) is 5.49. The van der Waals surface area contributed by atoms with Crippen molar-refractivity contribution >= 4 is 17.6 Å². The van der Waals surface area contributed by atoms with Crippen molar-refractivity contribution in [2.75, 3.05) is 6.61 Å². The largest absolute Gasteiger partial charge is 0.464 e. The molecule has 1 unspecified atom stereocenters. The van der Waals surface area contributed by atoms with Crippen LogP contribution >= 0.6 is 11.6 Å².